The lowest BCUT2D eigenvalue weighted by molar-refractivity contribution is 0.122. The molecule has 3 aromatic carbocycles. The molecule has 2 unspecified atom stereocenters. The molecule has 3 aliphatic heterocycles. The van der Waals surface area contributed by atoms with Gasteiger partial charge in [-0.1, -0.05) is 53.9 Å². The average Bonchev–Trinajstić information content (AvgIpc) is 3.68. The number of rotatable bonds is 11. The number of hydrogen-bond donors (Lipinski definition) is 2. The molecule has 2 N–H and O–H groups in total. The fourth-order valence-electron chi connectivity index (χ4n) is 7.22. The van der Waals surface area contributed by atoms with Gasteiger partial charge in [0.2, 0.25) is 5.88 Å². The van der Waals surface area contributed by atoms with Gasteiger partial charge in [-0.05, 0) is 85.8 Å². The number of carboxylic acid groups (broad SMARTS) is 1. The Morgan fingerprint density at radius 3 is 2.61 bits per heavy atom. The molecule has 278 valence electrons. The molecule has 54 heavy (non-hydrogen) atoms. The first-order chi connectivity index (χ1) is 26.4. The van der Waals surface area contributed by atoms with Gasteiger partial charge in [0.15, 0.2) is 0 Å². The predicted molar refractivity (Wildman–Crippen MR) is 212 cm³/mol. The number of ether oxygens (including phenoxy) is 3. The number of carbonyl (C=O) groups is 1. The molecule has 0 bridgehead atoms. The lowest BCUT2D eigenvalue weighted by Gasteiger charge is -2.29. The molecule has 8 rings (SSSR count). The van der Waals surface area contributed by atoms with E-state index in [1.807, 2.05) is 49.5 Å². The largest absolute Gasteiger partial charge is 0.497 e. The third-order valence-corrected chi connectivity index (χ3v) is 12.7. The number of fused-ring (bicyclic) bond motifs is 2. The lowest BCUT2D eigenvalue weighted by Crippen LogP contribution is -2.36. The second kappa shape index (κ2) is 16.2. The molecule has 12 heteroatoms. The summed E-state index contributed by atoms with van der Waals surface area (Å²) in [6.07, 6.45) is 3.41. The van der Waals surface area contributed by atoms with Gasteiger partial charge >= 0.3 is 6.09 Å². The van der Waals surface area contributed by atoms with Crippen LogP contribution in [0.4, 0.5) is 16.2 Å². The molecule has 5 aromatic rings. The van der Waals surface area contributed by atoms with Gasteiger partial charge in [0, 0.05) is 74.5 Å². The van der Waals surface area contributed by atoms with Crippen molar-refractivity contribution in [1.82, 2.24) is 14.9 Å². The lowest BCUT2D eigenvalue weighted by atomic mass is 10.0. The maximum absolute atomic E-state index is 12.0. The van der Waals surface area contributed by atoms with Gasteiger partial charge in [0.05, 0.1) is 37.8 Å². The van der Waals surface area contributed by atoms with Crippen LogP contribution < -0.4 is 19.7 Å². The van der Waals surface area contributed by atoms with Crippen LogP contribution in [0, 0.1) is 6.92 Å². The molecule has 2 aromatic heterocycles. The molecule has 2 atom stereocenters. The number of likely N-dealkylation sites (tertiary alicyclic amines) is 1. The topological polar surface area (TPSA) is 109 Å². The fourth-order valence-corrected chi connectivity index (χ4v) is 9.63. The number of aryl methyl sites for hydroxylation is 1. The normalized spacial score (nSPS) is 17.0. The van der Waals surface area contributed by atoms with Gasteiger partial charge < -0.3 is 34.4 Å². The van der Waals surface area contributed by atoms with Gasteiger partial charge in [-0.3, -0.25) is 4.98 Å². The highest BCUT2D eigenvalue weighted by Gasteiger charge is 2.32. The summed E-state index contributed by atoms with van der Waals surface area (Å²) in [7, 11) is 1.66. The van der Waals surface area contributed by atoms with E-state index in [1.165, 1.54) is 14.7 Å². The van der Waals surface area contributed by atoms with Crippen LogP contribution in [0.5, 0.6) is 11.6 Å². The Morgan fingerprint density at radius 1 is 0.981 bits per heavy atom. The zero-order valence-corrected chi connectivity index (χ0v) is 32.0. The number of nitrogens with zero attached hydrogens (tertiary/aromatic N) is 4. The molecule has 3 aliphatic rings. The SMILES string of the molecule is COc1ccc(COc2cc(N3CCOCC3)cc(-c3cccc4c3Sc3ccc(NC(CC5CCCN5C(=O)O)c5ccc(C)cn5)cc3S4)n2)cc1. The Kier molecular flexibility index (Phi) is 10.8. The van der Waals surface area contributed by atoms with E-state index in [2.05, 4.69) is 58.7 Å². The number of anilines is 2. The number of hydrogen-bond acceptors (Lipinski definition) is 10. The third kappa shape index (κ3) is 8.11. The summed E-state index contributed by atoms with van der Waals surface area (Å²) in [5.41, 5.74) is 7.01. The van der Waals surface area contributed by atoms with Crippen LogP contribution in [0.1, 0.15) is 42.1 Å². The monoisotopic (exact) mass is 761 g/mol. The van der Waals surface area contributed by atoms with Crippen molar-refractivity contribution in [2.24, 2.45) is 0 Å². The zero-order chi connectivity index (χ0) is 37.0. The van der Waals surface area contributed by atoms with Gasteiger partial charge in [-0.15, -0.1) is 0 Å². The molecule has 0 saturated carbocycles. The van der Waals surface area contributed by atoms with E-state index in [9.17, 15) is 9.90 Å². The van der Waals surface area contributed by atoms with Crippen molar-refractivity contribution in [3.63, 3.8) is 0 Å². The van der Waals surface area contributed by atoms with Crippen molar-refractivity contribution in [2.45, 2.75) is 64.5 Å². The minimum absolute atomic E-state index is 0.0559. The van der Waals surface area contributed by atoms with Crippen LogP contribution >= 0.6 is 23.5 Å². The number of methoxy groups -OCH3 is 1. The van der Waals surface area contributed by atoms with Crippen LogP contribution in [0.25, 0.3) is 11.3 Å². The number of morpholine rings is 1. The average molecular weight is 762 g/mol. The summed E-state index contributed by atoms with van der Waals surface area (Å²) in [4.78, 5) is 30.4. The van der Waals surface area contributed by atoms with E-state index in [1.54, 1.807) is 35.5 Å². The van der Waals surface area contributed by atoms with Crippen molar-refractivity contribution < 1.29 is 24.1 Å². The Labute approximate surface area is 324 Å². The summed E-state index contributed by atoms with van der Waals surface area (Å²) < 4.78 is 17.3. The number of pyridine rings is 2. The summed E-state index contributed by atoms with van der Waals surface area (Å²) in [5, 5.41) is 13.6. The maximum Gasteiger partial charge on any atom is 0.407 e. The molecule has 2 fully saturated rings. The fraction of sp³-hybridized carbons (Fsp3) is 0.310. The van der Waals surface area contributed by atoms with Gasteiger partial charge in [-0.2, -0.15) is 0 Å². The minimum atomic E-state index is -0.853. The minimum Gasteiger partial charge on any atom is -0.497 e. The van der Waals surface area contributed by atoms with Gasteiger partial charge in [-0.25, -0.2) is 9.78 Å². The summed E-state index contributed by atoms with van der Waals surface area (Å²) in [6, 6.07) is 28.9. The van der Waals surface area contributed by atoms with E-state index in [-0.39, 0.29) is 12.1 Å². The first-order valence-electron chi connectivity index (χ1n) is 18.3. The standard InChI is InChI=1S/C42H43N5O5S2/c1-27-8-14-34(43-25-27)36(22-30-5-4-16-47(30)42(48)49)44-29-11-15-37-39(21-29)53-38-7-3-6-33(41(38)54-37)35-23-31(46-17-19-51-20-18-46)24-40(45-35)52-26-28-9-12-32(50-2)13-10-28/h3,6-15,21,23-25,30,36,44H,4-5,16-20,22,26H2,1-2H3,(H,48,49). The first kappa shape index (κ1) is 36.1. The molecule has 0 radical (unpaired) electrons. The van der Waals surface area contributed by atoms with Crippen LogP contribution in [-0.4, -0.2) is 72.1 Å². The molecule has 1 amide bonds. The number of amides is 1. The summed E-state index contributed by atoms with van der Waals surface area (Å²) >= 11 is 3.52. The molecule has 2 saturated heterocycles. The molecule has 0 spiro atoms. The van der Waals surface area contributed by atoms with Crippen molar-refractivity contribution in [3.8, 4) is 22.9 Å². The Bertz CT molecular complexity index is 2110. The van der Waals surface area contributed by atoms with Crippen molar-refractivity contribution in [3.05, 3.63) is 108 Å². The number of nitrogens with one attached hydrogen (secondary N) is 1. The smallest absolute Gasteiger partial charge is 0.407 e. The highest BCUT2D eigenvalue weighted by Crippen LogP contribution is 2.52. The van der Waals surface area contributed by atoms with E-state index in [0.717, 1.165) is 76.0 Å². The van der Waals surface area contributed by atoms with Gasteiger partial charge in [0.25, 0.3) is 0 Å². The molecule has 10 nitrogen and oxygen atoms in total. The van der Waals surface area contributed by atoms with Crippen LogP contribution in [0.3, 0.4) is 0 Å². The van der Waals surface area contributed by atoms with Crippen molar-refractivity contribution in [2.75, 3.05) is 50.2 Å². The highest BCUT2D eigenvalue weighted by molar-refractivity contribution is 8.05. The molecular weight excluding hydrogens is 719 g/mol. The van der Waals surface area contributed by atoms with Crippen molar-refractivity contribution >= 4 is 41.0 Å². The molecule has 0 aliphatic carbocycles. The second-order valence-corrected chi connectivity index (χ2v) is 15.9. The number of benzene rings is 3. The third-order valence-electron chi connectivity index (χ3n) is 10.1. The maximum atomic E-state index is 12.0. The van der Waals surface area contributed by atoms with Crippen LogP contribution in [0.15, 0.2) is 111 Å². The van der Waals surface area contributed by atoms with E-state index >= 15 is 0 Å². The van der Waals surface area contributed by atoms with E-state index < -0.39 is 6.09 Å². The summed E-state index contributed by atoms with van der Waals surface area (Å²) in [5.74, 6) is 1.39. The molecule has 5 heterocycles. The predicted octanol–water partition coefficient (Wildman–Crippen LogP) is 9.18. The Morgan fingerprint density at radius 2 is 1.83 bits per heavy atom. The van der Waals surface area contributed by atoms with Gasteiger partial charge in [0.1, 0.15) is 12.4 Å². The Balaban J connectivity index is 1.06. The second-order valence-electron chi connectivity index (χ2n) is 13.7. The van der Waals surface area contributed by atoms with Crippen LogP contribution in [0.2, 0.25) is 0 Å². The zero-order valence-electron chi connectivity index (χ0n) is 30.4. The number of aromatic nitrogens is 2. The Hall–Kier alpha value is -4.91. The summed E-state index contributed by atoms with van der Waals surface area (Å²) in [6.45, 7) is 5.98. The van der Waals surface area contributed by atoms with E-state index in [4.69, 9.17) is 24.2 Å². The van der Waals surface area contributed by atoms with Crippen molar-refractivity contribution in [1.29, 1.82) is 0 Å². The van der Waals surface area contributed by atoms with Crippen LogP contribution in [-0.2, 0) is 11.3 Å². The quantitative estimate of drug-likeness (QED) is 0.132. The van der Waals surface area contributed by atoms with E-state index in [0.29, 0.717) is 38.7 Å². The first-order valence-corrected chi connectivity index (χ1v) is 20.0. The molecular formula is C42H43N5O5S2. The highest BCUT2D eigenvalue weighted by atomic mass is 32.2.